The number of ketones is 2. The largest absolute Gasteiger partial charge is 0.386 e. The molecule has 34 heavy (non-hydrogen) atoms. The molecule has 0 aliphatic heterocycles. The molecule has 4 aliphatic rings. The zero-order chi connectivity index (χ0) is 25.3. The van der Waals surface area contributed by atoms with E-state index in [4.69, 9.17) is 0 Å². The number of allylic oxidation sites excluding steroid dienone is 3. The monoisotopic (exact) mass is 468 g/mol. The molecule has 1 N–H and O–H groups in total. The zero-order valence-electron chi connectivity index (χ0n) is 22.2. The Morgan fingerprint density at radius 2 is 1.76 bits per heavy atom. The molecule has 7 atom stereocenters. The van der Waals surface area contributed by atoms with E-state index in [9.17, 15) is 19.5 Å². The van der Waals surface area contributed by atoms with Crippen LogP contribution in [0.1, 0.15) is 93.4 Å². The number of rotatable bonds is 5. The number of fused-ring (bicyclic) bond motifs is 5. The maximum absolute atomic E-state index is 13.9. The minimum absolute atomic E-state index is 0.00651. The van der Waals surface area contributed by atoms with Crippen molar-refractivity contribution in [1.29, 1.82) is 0 Å². The van der Waals surface area contributed by atoms with Crippen LogP contribution in [0.2, 0.25) is 0 Å². The van der Waals surface area contributed by atoms with Crippen LogP contribution in [-0.2, 0) is 14.4 Å². The van der Waals surface area contributed by atoms with Gasteiger partial charge in [0, 0.05) is 23.2 Å². The summed E-state index contributed by atoms with van der Waals surface area (Å²) in [6, 6.07) is 0. The molecule has 0 saturated heterocycles. The van der Waals surface area contributed by atoms with Crippen LogP contribution in [0.25, 0.3) is 0 Å². The number of aliphatic hydroxyl groups is 1. The molecule has 0 aromatic rings. The topological polar surface area (TPSA) is 71.4 Å². The lowest BCUT2D eigenvalue weighted by atomic mass is 9.38. The summed E-state index contributed by atoms with van der Waals surface area (Å²) in [6.45, 7) is 14.4. The van der Waals surface area contributed by atoms with Crippen molar-refractivity contribution in [2.24, 2.45) is 45.3 Å². The molecular formula is C30H44O4. The summed E-state index contributed by atoms with van der Waals surface area (Å²) < 4.78 is 0. The standard InChI is InChI=1S/C30H44O4/c1-19(9-8-13-26(2,3)34)20-12-14-29(7)25-23(32)17-22-21(10-11-24(33)27(22,4)5)30(25,18-31)16-15-28(20,29)6/h8,13,17-21,25,34H,9-12,14-16H2,1-7H3/b13-8-/t19-,20-,21-,25+,28-,29+,30-/m1/s1. The van der Waals surface area contributed by atoms with Crippen LogP contribution in [0.15, 0.2) is 23.8 Å². The van der Waals surface area contributed by atoms with Crippen molar-refractivity contribution in [2.45, 2.75) is 99.0 Å². The Bertz CT molecular complexity index is 949. The molecule has 4 heteroatoms. The molecule has 0 amide bonds. The number of Topliss-reactive ketones (excluding diaryl/α,β-unsaturated/α-hetero) is 1. The van der Waals surface area contributed by atoms with Crippen molar-refractivity contribution in [3.63, 3.8) is 0 Å². The molecule has 4 nitrogen and oxygen atoms in total. The van der Waals surface area contributed by atoms with E-state index >= 15 is 0 Å². The minimum Gasteiger partial charge on any atom is -0.386 e. The lowest BCUT2D eigenvalue weighted by Gasteiger charge is -2.63. The lowest BCUT2D eigenvalue weighted by Crippen LogP contribution is -2.63. The number of carbonyl (C=O) groups excluding carboxylic acids is 3. The second-order valence-electron chi connectivity index (χ2n) is 13.6. The normalized spacial score (nSPS) is 42.6. The number of hydrogen-bond acceptors (Lipinski definition) is 4. The average molecular weight is 469 g/mol. The Balaban J connectivity index is 1.72. The van der Waals surface area contributed by atoms with Gasteiger partial charge in [-0.15, -0.1) is 0 Å². The highest BCUT2D eigenvalue weighted by Gasteiger charge is 2.71. The molecule has 0 bridgehead atoms. The van der Waals surface area contributed by atoms with Crippen LogP contribution in [0.4, 0.5) is 0 Å². The summed E-state index contributed by atoms with van der Waals surface area (Å²) in [4.78, 5) is 39.6. The first kappa shape index (κ1) is 25.5. The Morgan fingerprint density at radius 3 is 2.38 bits per heavy atom. The Hall–Kier alpha value is -1.55. The fourth-order valence-electron chi connectivity index (χ4n) is 8.87. The number of aldehydes is 1. The third kappa shape index (κ3) is 3.45. The van der Waals surface area contributed by atoms with Gasteiger partial charge in [-0.05, 0) is 106 Å². The Kier molecular flexibility index (Phi) is 5.99. The van der Waals surface area contributed by atoms with E-state index in [0.717, 1.165) is 44.0 Å². The first-order chi connectivity index (χ1) is 15.6. The molecule has 0 spiro atoms. The van der Waals surface area contributed by atoms with Gasteiger partial charge in [0.05, 0.1) is 5.60 Å². The van der Waals surface area contributed by atoms with E-state index in [1.807, 2.05) is 19.9 Å². The molecule has 3 fully saturated rings. The SMILES string of the molecule is C[C@H](C/C=C\C(C)(C)O)[C@H]1CC[C@@]2(C)[C@@H]3C(=O)C=C4[C@@H](CCC(=O)C4(C)C)[C@]3(C=O)CC[C@]12C. The van der Waals surface area contributed by atoms with Gasteiger partial charge in [-0.3, -0.25) is 9.59 Å². The van der Waals surface area contributed by atoms with Gasteiger partial charge in [0.25, 0.3) is 0 Å². The van der Waals surface area contributed by atoms with Crippen LogP contribution in [0.5, 0.6) is 0 Å². The fraction of sp³-hybridized carbons (Fsp3) is 0.767. The highest BCUT2D eigenvalue weighted by molar-refractivity contribution is 6.01. The first-order valence-electron chi connectivity index (χ1n) is 13.3. The van der Waals surface area contributed by atoms with Crippen LogP contribution in [0, 0.1) is 45.3 Å². The van der Waals surface area contributed by atoms with Crippen molar-refractivity contribution in [3.05, 3.63) is 23.8 Å². The van der Waals surface area contributed by atoms with Crippen molar-refractivity contribution in [3.8, 4) is 0 Å². The molecule has 3 saturated carbocycles. The van der Waals surface area contributed by atoms with Gasteiger partial charge in [-0.2, -0.15) is 0 Å². The van der Waals surface area contributed by atoms with Crippen molar-refractivity contribution in [2.75, 3.05) is 0 Å². The van der Waals surface area contributed by atoms with Crippen molar-refractivity contribution >= 4 is 17.9 Å². The van der Waals surface area contributed by atoms with Crippen LogP contribution < -0.4 is 0 Å². The highest BCUT2D eigenvalue weighted by atomic mass is 16.3. The quantitative estimate of drug-likeness (QED) is 0.404. The van der Waals surface area contributed by atoms with Crippen LogP contribution in [0.3, 0.4) is 0 Å². The lowest BCUT2D eigenvalue weighted by molar-refractivity contribution is -0.169. The fourth-order valence-corrected chi connectivity index (χ4v) is 8.87. The molecular weight excluding hydrogens is 424 g/mol. The summed E-state index contributed by atoms with van der Waals surface area (Å²) in [6.07, 6.45) is 12.7. The van der Waals surface area contributed by atoms with Crippen molar-refractivity contribution < 1.29 is 19.5 Å². The predicted molar refractivity (Wildman–Crippen MR) is 134 cm³/mol. The predicted octanol–water partition coefficient (Wildman–Crippen LogP) is 5.87. The van der Waals surface area contributed by atoms with E-state index in [0.29, 0.717) is 24.7 Å². The second-order valence-corrected chi connectivity index (χ2v) is 13.6. The molecule has 4 rings (SSSR count). The second kappa shape index (κ2) is 7.98. The summed E-state index contributed by atoms with van der Waals surface area (Å²) in [5, 5.41) is 10.1. The molecule has 0 radical (unpaired) electrons. The molecule has 4 aliphatic carbocycles. The van der Waals surface area contributed by atoms with E-state index in [1.165, 1.54) is 0 Å². The highest BCUT2D eigenvalue weighted by Crippen LogP contribution is 2.73. The number of hydrogen-bond donors (Lipinski definition) is 1. The van der Waals surface area contributed by atoms with Gasteiger partial charge >= 0.3 is 0 Å². The molecule has 0 unspecified atom stereocenters. The van der Waals surface area contributed by atoms with E-state index in [1.54, 1.807) is 19.9 Å². The third-order valence-electron chi connectivity index (χ3n) is 11.0. The zero-order valence-corrected chi connectivity index (χ0v) is 22.2. The van der Waals surface area contributed by atoms with Gasteiger partial charge in [0.2, 0.25) is 0 Å². The van der Waals surface area contributed by atoms with E-state index < -0.39 is 16.4 Å². The molecule has 0 aromatic carbocycles. The Labute approximate surface area is 205 Å². The van der Waals surface area contributed by atoms with Crippen molar-refractivity contribution in [1.82, 2.24) is 0 Å². The summed E-state index contributed by atoms with van der Waals surface area (Å²) in [5.74, 6) is 0.847. The minimum atomic E-state index is -0.810. The van der Waals surface area contributed by atoms with Gasteiger partial charge in [0.1, 0.15) is 12.1 Å². The Morgan fingerprint density at radius 1 is 1.09 bits per heavy atom. The van der Waals surface area contributed by atoms with Gasteiger partial charge in [-0.1, -0.05) is 32.9 Å². The van der Waals surface area contributed by atoms with Crippen LogP contribution >= 0.6 is 0 Å². The van der Waals surface area contributed by atoms with Crippen LogP contribution in [-0.4, -0.2) is 28.6 Å². The van der Waals surface area contributed by atoms with Gasteiger partial charge in [0.15, 0.2) is 5.78 Å². The first-order valence-corrected chi connectivity index (χ1v) is 13.3. The average Bonchev–Trinajstić information content (AvgIpc) is 3.01. The molecule has 188 valence electrons. The summed E-state index contributed by atoms with van der Waals surface area (Å²) >= 11 is 0. The third-order valence-corrected chi connectivity index (χ3v) is 11.0. The summed E-state index contributed by atoms with van der Waals surface area (Å²) in [7, 11) is 0. The van der Waals surface area contributed by atoms with E-state index in [2.05, 4.69) is 26.8 Å². The summed E-state index contributed by atoms with van der Waals surface area (Å²) in [5.41, 5.74) is -1.52. The van der Waals surface area contributed by atoms with E-state index in [-0.39, 0.29) is 34.2 Å². The molecule has 0 aromatic heterocycles. The smallest absolute Gasteiger partial charge is 0.160 e. The molecule has 0 heterocycles. The van der Waals surface area contributed by atoms with Gasteiger partial charge in [-0.25, -0.2) is 0 Å². The van der Waals surface area contributed by atoms with Gasteiger partial charge < -0.3 is 9.90 Å². The maximum atomic E-state index is 13.9. The number of carbonyl (C=O) groups is 3. The maximum Gasteiger partial charge on any atom is 0.160 e.